The number of aromatic nitrogens is 6. The standard InChI is InChI=1S/C40H37ClF5N9O5S/c1-3-31-35(52-14-16-53(17-15-52)38(57)34-36(24(2)47-23-48-34)60-22-25-7-5-4-6-8-25)39(58)55-40(50-37(51-55)27-9-12-32-26(19-27)13-18-59-32)54(31)21-33(56)49-30-11-10-28(20-29(30)41)61(42,43,44,45)46/h4-12,19-20,23H,3,13-18,21-22H2,1-2H3,(H,49,56). The minimum Gasteiger partial charge on any atom is -0.493 e. The van der Waals surface area contributed by atoms with Gasteiger partial charge in [0.2, 0.25) is 11.7 Å². The van der Waals surface area contributed by atoms with E-state index in [1.807, 2.05) is 36.4 Å². The first kappa shape index (κ1) is 41.5. The molecule has 21 heteroatoms. The molecule has 5 heterocycles. The van der Waals surface area contributed by atoms with Crippen molar-refractivity contribution in [3.63, 3.8) is 0 Å². The largest absolute Gasteiger partial charge is 0.493 e. The number of piperazine rings is 1. The molecule has 1 fully saturated rings. The van der Waals surface area contributed by atoms with Crippen LogP contribution in [0.15, 0.2) is 82.7 Å². The molecule has 0 spiro atoms. The predicted molar refractivity (Wildman–Crippen MR) is 218 cm³/mol. The van der Waals surface area contributed by atoms with Crippen LogP contribution in [-0.2, 0) is 30.8 Å². The fraction of sp³-hybridized carbons (Fsp3) is 0.275. The third kappa shape index (κ3) is 8.41. The first-order valence-corrected chi connectivity index (χ1v) is 21.4. The molecule has 2 aliphatic heterocycles. The zero-order valence-electron chi connectivity index (χ0n) is 32.6. The van der Waals surface area contributed by atoms with Crippen LogP contribution in [0.1, 0.15) is 39.9 Å². The lowest BCUT2D eigenvalue weighted by Crippen LogP contribution is -2.51. The van der Waals surface area contributed by atoms with E-state index in [2.05, 4.69) is 25.4 Å². The number of hydrogen-bond acceptors (Lipinski definition) is 10. The Morgan fingerprint density at radius 1 is 0.967 bits per heavy atom. The second-order valence-electron chi connectivity index (χ2n) is 14.5. The third-order valence-corrected chi connectivity index (χ3v) is 11.8. The van der Waals surface area contributed by atoms with Gasteiger partial charge in [-0.2, -0.15) is 9.50 Å². The van der Waals surface area contributed by atoms with Crippen LogP contribution in [0.5, 0.6) is 11.5 Å². The van der Waals surface area contributed by atoms with Gasteiger partial charge in [-0.05, 0) is 60.9 Å². The Hall–Kier alpha value is -6.28. The van der Waals surface area contributed by atoms with Gasteiger partial charge in [0.05, 0.1) is 28.7 Å². The molecule has 0 bridgehead atoms. The van der Waals surface area contributed by atoms with E-state index in [9.17, 15) is 33.8 Å². The van der Waals surface area contributed by atoms with Gasteiger partial charge in [0.1, 0.15) is 35.8 Å². The van der Waals surface area contributed by atoms with Crippen molar-refractivity contribution in [2.45, 2.75) is 44.7 Å². The van der Waals surface area contributed by atoms with Crippen LogP contribution in [0, 0.1) is 6.92 Å². The normalized spacial score (nSPS) is 15.2. The molecule has 0 unspecified atom stereocenters. The lowest BCUT2D eigenvalue weighted by atomic mass is 10.1. The number of aryl methyl sites for hydroxylation is 1. The number of ether oxygens (including phenoxy) is 2. The average Bonchev–Trinajstić information content (AvgIpc) is 3.89. The maximum absolute atomic E-state index is 14.5. The van der Waals surface area contributed by atoms with E-state index in [0.29, 0.717) is 36.0 Å². The Kier molecular flexibility index (Phi) is 10.2. The monoisotopic (exact) mass is 885 g/mol. The van der Waals surface area contributed by atoms with Gasteiger partial charge >= 0.3 is 10.2 Å². The van der Waals surface area contributed by atoms with Crippen LogP contribution in [0.4, 0.5) is 30.8 Å². The van der Waals surface area contributed by atoms with Crippen LogP contribution in [0.3, 0.4) is 0 Å². The summed E-state index contributed by atoms with van der Waals surface area (Å²) < 4.78 is 81.6. The lowest BCUT2D eigenvalue weighted by molar-refractivity contribution is -0.116. The van der Waals surface area contributed by atoms with Crippen molar-refractivity contribution < 1.29 is 38.5 Å². The van der Waals surface area contributed by atoms with Crippen LogP contribution < -0.4 is 25.2 Å². The first-order valence-electron chi connectivity index (χ1n) is 19.0. The molecule has 6 aromatic rings. The van der Waals surface area contributed by atoms with E-state index >= 15 is 0 Å². The van der Waals surface area contributed by atoms with Crippen molar-refractivity contribution >= 4 is 50.8 Å². The molecule has 1 N–H and O–H groups in total. The first-order chi connectivity index (χ1) is 28.9. The van der Waals surface area contributed by atoms with Gasteiger partial charge < -0.3 is 29.2 Å². The number of amides is 2. The molecule has 14 nitrogen and oxygen atoms in total. The molecule has 0 saturated carbocycles. The number of rotatable bonds is 11. The minimum absolute atomic E-state index is 0.00849. The second-order valence-corrected chi connectivity index (χ2v) is 17.3. The number of hydrogen-bond donors (Lipinski definition) is 1. The zero-order chi connectivity index (χ0) is 43.3. The molecule has 320 valence electrons. The third-order valence-electron chi connectivity index (χ3n) is 10.4. The SMILES string of the molecule is CCc1c(N2CCN(C(=O)c3ncnc(C)c3OCc3ccccc3)CC2)c(=O)n2nc(-c3ccc4c(c3)CCO4)nc2n1CC(=O)Nc1ccc(S(F)(F)(F)(F)F)cc1Cl. The van der Waals surface area contributed by atoms with Gasteiger partial charge in [-0.1, -0.05) is 68.3 Å². The summed E-state index contributed by atoms with van der Waals surface area (Å²) in [6.45, 7) is 4.39. The summed E-state index contributed by atoms with van der Waals surface area (Å²) in [6.07, 6.45) is 2.16. The molecule has 3 aromatic carbocycles. The predicted octanol–water partition coefficient (Wildman–Crippen LogP) is 7.64. The number of nitrogens with zero attached hydrogens (tertiary/aromatic N) is 8. The fourth-order valence-corrected chi connectivity index (χ4v) is 8.31. The molecule has 8 rings (SSSR count). The number of halogens is 6. The van der Waals surface area contributed by atoms with E-state index in [1.165, 1.54) is 10.9 Å². The molecular formula is C40H37ClF5N9O5S. The Balaban J connectivity index is 1.11. The lowest BCUT2D eigenvalue weighted by Gasteiger charge is -2.40. The number of anilines is 2. The summed E-state index contributed by atoms with van der Waals surface area (Å²) in [5, 5.41) is 6.22. The van der Waals surface area contributed by atoms with Crippen molar-refractivity contribution in [1.29, 1.82) is 0 Å². The summed E-state index contributed by atoms with van der Waals surface area (Å²) in [4.78, 5) is 56.5. The van der Waals surface area contributed by atoms with E-state index in [4.69, 9.17) is 21.1 Å². The molecule has 1 saturated heterocycles. The van der Waals surface area contributed by atoms with Gasteiger partial charge in [-0.25, -0.2) is 9.97 Å². The molecule has 0 atom stereocenters. The molecule has 3 aromatic heterocycles. The second kappa shape index (κ2) is 15.0. The zero-order valence-corrected chi connectivity index (χ0v) is 34.2. The van der Waals surface area contributed by atoms with Gasteiger partial charge in [0.15, 0.2) is 17.3 Å². The van der Waals surface area contributed by atoms with E-state index in [0.717, 1.165) is 21.4 Å². The Morgan fingerprint density at radius 3 is 2.43 bits per heavy atom. The summed E-state index contributed by atoms with van der Waals surface area (Å²) in [7, 11) is -10.1. The molecule has 61 heavy (non-hydrogen) atoms. The fourth-order valence-electron chi connectivity index (χ4n) is 7.35. The van der Waals surface area contributed by atoms with Crippen LogP contribution in [-0.4, -0.2) is 78.6 Å². The van der Waals surface area contributed by atoms with E-state index in [-0.39, 0.29) is 91.7 Å². The van der Waals surface area contributed by atoms with Crippen molar-refractivity contribution in [2.24, 2.45) is 0 Å². The van der Waals surface area contributed by atoms with Crippen molar-refractivity contribution in [3.8, 4) is 22.9 Å². The van der Waals surface area contributed by atoms with Crippen LogP contribution in [0.2, 0.25) is 5.02 Å². The summed E-state index contributed by atoms with van der Waals surface area (Å²) in [5.74, 6) is -0.0560. The summed E-state index contributed by atoms with van der Waals surface area (Å²) >= 11 is 5.99. The smallest absolute Gasteiger partial charge is 0.310 e. The number of carbonyl (C=O) groups is 2. The molecule has 2 amide bonds. The molecule has 2 aliphatic rings. The number of carbonyl (C=O) groups excluding carboxylic acids is 2. The van der Waals surface area contributed by atoms with E-state index in [1.54, 1.807) is 35.8 Å². The highest BCUT2D eigenvalue weighted by Crippen LogP contribution is 3.02. The Bertz CT molecular complexity index is 2790. The van der Waals surface area contributed by atoms with Crippen LogP contribution in [0.25, 0.3) is 17.2 Å². The maximum Gasteiger partial charge on any atom is 0.310 e. The molecule has 0 radical (unpaired) electrons. The quantitative estimate of drug-likeness (QED) is 0.129. The Morgan fingerprint density at radius 2 is 1.72 bits per heavy atom. The molecular weight excluding hydrogens is 849 g/mol. The number of nitrogens with one attached hydrogen (secondary N) is 1. The number of benzene rings is 3. The van der Waals surface area contributed by atoms with Gasteiger partial charge in [0.25, 0.3) is 11.5 Å². The summed E-state index contributed by atoms with van der Waals surface area (Å²) in [6, 6.07) is 15.7. The highest BCUT2D eigenvalue weighted by molar-refractivity contribution is 8.45. The van der Waals surface area contributed by atoms with Crippen molar-refractivity contribution in [1.82, 2.24) is 34.0 Å². The topological polar surface area (TPSA) is 149 Å². The van der Waals surface area contributed by atoms with Gasteiger partial charge in [0, 0.05) is 38.2 Å². The minimum atomic E-state index is -10.1. The maximum atomic E-state index is 14.5. The van der Waals surface area contributed by atoms with Crippen LogP contribution >= 0.6 is 21.8 Å². The highest BCUT2D eigenvalue weighted by Gasteiger charge is 2.65. The average molecular weight is 886 g/mol. The van der Waals surface area contributed by atoms with Crippen molar-refractivity contribution in [3.05, 3.63) is 117 Å². The van der Waals surface area contributed by atoms with Gasteiger partial charge in [-0.3, -0.25) is 14.4 Å². The Labute approximate surface area is 349 Å². The molecule has 0 aliphatic carbocycles. The highest BCUT2D eigenvalue weighted by atomic mass is 35.5. The number of fused-ring (bicyclic) bond motifs is 2. The summed E-state index contributed by atoms with van der Waals surface area (Å²) in [5.41, 5.74) is 2.66. The van der Waals surface area contributed by atoms with Crippen molar-refractivity contribution in [2.75, 3.05) is 43.0 Å². The van der Waals surface area contributed by atoms with E-state index < -0.39 is 38.2 Å². The van der Waals surface area contributed by atoms with Gasteiger partial charge in [-0.15, -0.1) is 5.10 Å².